The summed E-state index contributed by atoms with van der Waals surface area (Å²) in [6.45, 7) is 10.1. The molecule has 7 heteroatoms. The van der Waals surface area contributed by atoms with Crippen LogP contribution in [0.5, 0.6) is 5.75 Å². The number of ether oxygens (including phenoxy) is 2. The van der Waals surface area contributed by atoms with Crippen LogP contribution in [0.4, 0.5) is 0 Å². The van der Waals surface area contributed by atoms with E-state index >= 15 is 0 Å². The second kappa shape index (κ2) is 10.9. The lowest BCUT2D eigenvalue weighted by Crippen LogP contribution is -2.56. The van der Waals surface area contributed by atoms with Crippen molar-refractivity contribution in [2.24, 2.45) is 0 Å². The number of hydrogen-bond donors (Lipinski definition) is 1. The van der Waals surface area contributed by atoms with E-state index in [1.807, 2.05) is 30.1 Å². The summed E-state index contributed by atoms with van der Waals surface area (Å²) in [7, 11) is 1.95. The van der Waals surface area contributed by atoms with Gasteiger partial charge in [0.25, 0.3) is 0 Å². The number of nitrogens with zero attached hydrogens (tertiary/aromatic N) is 2. The minimum absolute atomic E-state index is 0.0505. The van der Waals surface area contributed by atoms with E-state index < -0.39 is 0 Å². The van der Waals surface area contributed by atoms with Crippen molar-refractivity contribution in [1.82, 2.24) is 15.1 Å². The average molecular weight is 398 g/mol. The molecule has 0 radical (unpaired) electrons. The van der Waals surface area contributed by atoms with E-state index in [0.29, 0.717) is 24.7 Å². The Morgan fingerprint density at radius 3 is 2.81 bits per heavy atom. The zero-order valence-corrected chi connectivity index (χ0v) is 17.4. The van der Waals surface area contributed by atoms with Gasteiger partial charge in [-0.2, -0.15) is 0 Å². The van der Waals surface area contributed by atoms with Gasteiger partial charge in [0.05, 0.1) is 26.4 Å². The summed E-state index contributed by atoms with van der Waals surface area (Å²) in [5.41, 5.74) is -0.0667. The molecular weight excluding hydrogens is 366 g/mol. The van der Waals surface area contributed by atoms with Crippen LogP contribution in [-0.2, 0) is 9.53 Å². The van der Waals surface area contributed by atoms with E-state index in [9.17, 15) is 4.79 Å². The van der Waals surface area contributed by atoms with Crippen molar-refractivity contribution in [2.75, 3.05) is 59.6 Å². The molecule has 1 aromatic carbocycles. The van der Waals surface area contributed by atoms with E-state index in [2.05, 4.69) is 24.1 Å². The molecule has 2 rings (SSSR count). The first kappa shape index (κ1) is 22.0. The molecule has 1 amide bonds. The molecule has 1 saturated heterocycles. The van der Waals surface area contributed by atoms with Crippen molar-refractivity contribution in [1.29, 1.82) is 0 Å². The van der Waals surface area contributed by atoms with E-state index in [1.54, 1.807) is 6.07 Å². The second-order valence-electron chi connectivity index (χ2n) is 7.59. The first-order chi connectivity index (χ1) is 12.9. The van der Waals surface area contributed by atoms with Crippen molar-refractivity contribution in [2.45, 2.75) is 25.8 Å². The molecule has 1 heterocycles. The summed E-state index contributed by atoms with van der Waals surface area (Å²) >= 11 is 5.93. The predicted molar refractivity (Wildman–Crippen MR) is 109 cm³/mol. The molecule has 6 nitrogen and oxygen atoms in total. The summed E-state index contributed by atoms with van der Waals surface area (Å²) in [6.07, 6.45) is 0.843. The molecule has 1 aromatic rings. The highest BCUT2D eigenvalue weighted by Crippen LogP contribution is 2.17. The number of benzene rings is 1. The minimum atomic E-state index is -0.0667. The maximum absolute atomic E-state index is 12.2. The Morgan fingerprint density at radius 1 is 1.37 bits per heavy atom. The smallest absolute Gasteiger partial charge is 0.234 e. The normalized spacial score (nSPS) is 15.7. The van der Waals surface area contributed by atoms with Gasteiger partial charge in [0.1, 0.15) is 5.75 Å². The Morgan fingerprint density at radius 2 is 2.11 bits per heavy atom. The SMILES string of the molecule is CN(CCCOc1cccc(Cl)c1)CC(=O)NCC(C)(C)N1CCOCC1. The maximum atomic E-state index is 12.2. The number of rotatable bonds is 10. The molecule has 27 heavy (non-hydrogen) atoms. The molecule has 0 unspecified atom stereocenters. The molecule has 0 saturated carbocycles. The van der Waals surface area contributed by atoms with Crippen molar-refractivity contribution >= 4 is 17.5 Å². The maximum Gasteiger partial charge on any atom is 0.234 e. The van der Waals surface area contributed by atoms with E-state index in [0.717, 1.165) is 45.0 Å². The predicted octanol–water partition coefficient (Wildman–Crippen LogP) is 2.27. The molecule has 1 fully saturated rings. The fraction of sp³-hybridized carbons (Fsp3) is 0.650. The van der Waals surface area contributed by atoms with Crippen LogP contribution in [0.2, 0.25) is 5.02 Å². The van der Waals surface area contributed by atoms with Crippen LogP contribution in [0.25, 0.3) is 0 Å². The van der Waals surface area contributed by atoms with Crippen molar-refractivity contribution in [3.8, 4) is 5.75 Å². The standard InChI is InChI=1S/C20H32ClN3O3/c1-20(2,24-9-12-26-13-10-24)16-22-19(25)15-23(3)8-5-11-27-18-7-4-6-17(21)14-18/h4,6-7,14H,5,8-13,15-16H2,1-3H3,(H,22,25). The molecule has 1 aliphatic rings. The number of halogens is 1. The van der Waals surface area contributed by atoms with Crippen molar-refractivity contribution < 1.29 is 14.3 Å². The first-order valence-electron chi connectivity index (χ1n) is 9.53. The van der Waals surface area contributed by atoms with Crippen LogP contribution < -0.4 is 10.1 Å². The Hall–Kier alpha value is -1.34. The van der Waals surface area contributed by atoms with Crippen LogP contribution in [0.15, 0.2) is 24.3 Å². The summed E-state index contributed by atoms with van der Waals surface area (Å²) < 4.78 is 11.1. The van der Waals surface area contributed by atoms with Crippen LogP contribution in [-0.4, -0.2) is 80.8 Å². The Kier molecular flexibility index (Phi) is 8.83. The van der Waals surface area contributed by atoms with Crippen molar-refractivity contribution in [3.63, 3.8) is 0 Å². The monoisotopic (exact) mass is 397 g/mol. The van der Waals surface area contributed by atoms with Gasteiger partial charge in [-0.3, -0.25) is 14.6 Å². The summed E-state index contributed by atoms with van der Waals surface area (Å²) in [5.74, 6) is 0.822. The minimum Gasteiger partial charge on any atom is -0.493 e. The van der Waals surface area contributed by atoms with Crippen LogP contribution in [0, 0.1) is 0 Å². The number of likely N-dealkylation sites (N-methyl/N-ethyl adjacent to an activating group) is 1. The summed E-state index contributed by atoms with van der Waals surface area (Å²) in [6, 6.07) is 7.38. The molecular formula is C20H32ClN3O3. The molecule has 1 aliphatic heterocycles. The van der Waals surface area contributed by atoms with Crippen LogP contribution >= 0.6 is 11.6 Å². The van der Waals surface area contributed by atoms with E-state index in [-0.39, 0.29) is 11.4 Å². The lowest BCUT2D eigenvalue weighted by Gasteiger charge is -2.40. The number of hydrogen-bond acceptors (Lipinski definition) is 5. The third kappa shape index (κ3) is 8.05. The van der Waals surface area contributed by atoms with Gasteiger partial charge in [0, 0.05) is 36.7 Å². The molecule has 152 valence electrons. The van der Waals surface area contributed by atoms with Gasteiger partial charge in [-0.1, -0.05) is 17.7 Å². The molecule has 0 aliphatic carbocycles. The van der Waals surface area contributed by atoms with Gasteiger partial charge in [-0.05, 0) is 45.5 Å². The van der Waals surface area contributed by atoms with Gasteiger partial charge in [-0.25, -0.2) is 0 Å². The Balaban J connectivity index is 1.60. The van der Waals surface area contributed by atoms with Gasteiger partial charge in [-0.15, -0.1) is 0 Å². The van der Waals surface area contributed by atoms with Crippen LogP contribution in [0.1, 0.15) is 20.3 Å². The molecule has 0 bridgehead atoms. The third-order valence-electron chi connectivity index (χ3n) is 4.75. The quantitative estimate of drug-likeness (QED) is 0.614. The summed E-state index contributed by atoms with van der Waals surface area (Å²) in [4.78, 5) is 16.6. The highest BCUT2D eigenvalue weighted by atomic mass is 35.5. The fourth-order valence-corrected chi connectivity index (χ4v) is 3.24. The van der Waals surface area contributed by atoms with Gasteiger partial charge in [0.15, 0.2) is 0 Å². The Labute approximate surface area is 167 Å². The number of carbonyl (C=O) groups excluding carboxylic acids is 1. The van der Waals surface area contributed by atoms with E-state index in [4.69, 9.17) is 21.1 Å². The Bertz CT molecular complexity index is 592. The summed E-state index contributed by atoms with van der Waals surface area (Å²) in [5, 5.41) is 3.73. The zero-order valence-electron chi connectivity index (χ0n) is 16.7. The lowest BCUT2D eigenvalue weighted by atomic mass is 10.0. The number of carbonyl (C=O) groups is 1. The number of amides is 1. The zero-order chi connectivity index (χ0) is 19.7. The van der Waals surface area contributed by atoms with Gasteiger partial charge < -0.3 is 14.8 Å². The number of nitrogens with one attached hydrogen (secondary N) is 1. The van der Waals surface area contributed by atoms with Gasteiger partial charge >= 0.3 is 0 Å². The number of morpholine rings is 1. The largest absolute Gasteiger partial charge is 0.493 e. The highest BCUT2D eigenvalue weighted by Gasteiger charge is 2.28. The highest BCUT2D eigenvalue weighted by molar-refractivity contribution is 6.30. The van der Waals surface area contributed by atoms with E-state index in [1.165, 1.54) is 0 Å². The topological polar surface area (TPSA) is 54.0 Å². The van der Waals surface area contributed by atoms with Gasteiger partial charge in [0.2, 0.25) is 5.91 Å². The molecule has 0 spiro atoms. The fourth-order valence-electron chi connectivity index (χ4n) is 3.06. The van der Waals surface area contributed by atoms with Crippen LogP contribution in [0.3, 0.4) is 0 Å². The molecule has 0 atom stereocenters. The lowest BCUT2D eigenvalue weighted by molar-refractivity contribution is -0.122. The molecule has 0 aromatic heterocycles. The molecule has 1 N–H and O–H groups in total. The average Bonchev–Trinajstić information content (AvgIpc) is 2.64. The second-order valence-corrected chi connectivity index (χ2v) is 8.02. The third-order valence-corrected chi connectivity index (χ3v) is 4.98. The first-order valence-corrected chi connectivity index (χ1v) is 9.91. The van der Waals surface area contributed by atoms with Crippen molar-refractivity contribution in [3.05, 3.63) is 29.3 Å².